The second kappa shape index (κ2) is 8.85. The zero-order chi connectivity index (χ0) is 20.0. The fourth-order valence-electron chi connectivity index (χ4n) is 3.14. The van der Waals surface area contributed by atoms with Gasteiger partial charge >= 0.3 is 0 Å². The van der Waals surface area contributed by atoms with E-state index in [1.165, 1.54) is 17.2 Å². The van der Waals surface area contributed by atoms with Crippen molar-refractivity contribution in [3.05, 3.63) is 52.1 Å². The second-order valence-corrected chi connectivity index (χ2v) is 7.53. The number of aromatic hydroxyl groups is 1. The maximum Gasteiger partial charge on any atom is 0.154 e. The van der Waals surface area contributed by atoms with Crippen LogP contribution in [0, 0.1) is 0 Å². The third kappa shape index (κ3) is 5.19. The topological polar surface area (TPSA) is 63.6 Å². The highest BCUT2D eigenvalue weighted by molar-refractivity contribution is 5.96. The Kier molecular flexibility index (Phi) is 6.78. The van der Waals surface area contributed by atoms with E-state index in [9.17, 15) is 14.7 Å². The molecule has 0 amide bonds. The van der Waals surface area contributed by atoms with E-state index < -0.39 is 5.60 Å². The van der Waals surface area contributed by atoms with Crippen LogP contribution in [-0.4, -0.2) is 23.3 Å². The third-order valence-electron chi connectivity index (χ3n) is 4.78. The van der Waals surface area contributed by atoms with Crippen LogP contribution in [-0.2, 0) is 0 Å². The summed E-state index contributed by atoms with van der Waals surface area (Å²) in [7, 11) is 0. The van der Waals surface area contributed by atoms with Gasteiger partial charge in [-0.1, -0.05) is 23.3 Å². The molecular weight excluding hydrogens is 340 g/mol. The molecule has 4 nitrogen and oxygen atoms in total. The molecule has 1 aromatic rings. The van der Waals surface area contributed by atoms with E-state index in [1.807, 2.05) is 13.0 Å². The van der Waals surface area contributed by atoms with Crippen molar-refractivity contribution >= 4 is 18.6 Å². The quantitative estimate of drug-likeness (QED) is 0.475. The van der Waals surface area contributed by atoms with E-state index >= 15 is 0 Å². The van der Waals surface area contributed by atoms with Gasteiger partial charge in [0.2, 0.25) is 0 Å². The summed E-state index contributed by atoms with van der Waals surface area (Å²) in [5.41, 5.74) is 2.82. The summed E-state index contributed by atoms with van der Waals surface area (Å²) in [4.78, 5) is 22.7. The first-order valence-corrected chi connectivity index (χ1v) is 9.27. The SMILES string of the molecule is CC(C)=CCCC(C)=CCCC1(C)C=Cc2c(O)cc(C=O)c(C=O)c2O1. The number of fused-ring (bicyclic) bond motifs is 1. The Labute approximate surface area is 161 Å². The van der Waals surface area contributed by atoms with Crippen LogP contribution in [0.3, 0.4) is 0 Å². The zero-order valence-electron chi connectivity index (χ0n) is 16.5. The van der Waals surface area contributed by atoms with E-state index in [-0.39, 0.29) is 22.6 Å². The predicted molar refractivity (Wildman–Crippen MR) is 109 cm³/mol. The molecule has 1 atom stereocenters. The maximum atomic E-state index is 11.5. The summed E-state index contributed by atoms with van der Waals surface area (Å²) in [5.74, 6) is 0.215. The van der Waals surface area contributed by atoms with Crippen molar-refractivity contribution in [1.82, 2.24) is 0 Å². The largest absolute Gasteiger partial charge is 0.507 e. The van der Waals surface area contributed by atoms with Crippen molar-refractivity contribution in [2.75, 3.05) is 0 Å². The highest BCUT2D eigenvalue weighted by atomic mass is 16.5. The molecule has 2 rings (SSSR count). The number of hydrogen-bond donors (Lipinski definition) is 1. The zero-order valence-corrected chi connectivity index (χ0v) is 16.5. The molecule has 144 valence electrons. The minimum absolute atomic E-state index is 0.0639. The number of carbonyl (C=O) groups excluding carboxylic acids is 2. The van der Waals surface area contributed by atoms with Crippen molar-refractivity contribution < 1.29 is 19.4 Å². The molecule has 0 saturated carbocycles. The summed E-state index contributed by atoms with van der Waals surface area (Å²) in [6.07, 6.45) is 12.9. The van der Waals surface area contributed by atoms with Crippen molar-refractivity contribution in [2.45, 2.75) is 59.0 Å². The van der Waals surface area contributed by atoms with Crippen LogP contribution in [0.1, 0.15) is 79.7 Å². The molecule has 1 aliphatic heterocycles. The number of ether oxygens (including phenoxy) is 1. The van der Waals surface area contributed by atoms with Crippen molar-refractivity contribution in [3.8, 4) is 11.5 Å². The highest BCUT2D eigenvalue weighted by Crippen LogP contribution is 2.41. The van der Waals surface area contributed by atoms with E-state index in [1.54, 1.807) is 6.08 Å². The summed E-state index contributed by atoms with van der Waals surface area (Å²) >= 11 is 0. The number of aldehydes is 2. The Morgan fingerprint density at radius 2 is 1.89 bits per heavy atom. The van der Waals surface area contributed by atoms with Crippen LogP contribution >= 0.6 is 0 Å². The first kappa shape index (κ1) is 20.7. The highest BCUT2D eigenvalue weighted by Gasteiger charge is 2.30. The fraction of sp³-hybridized carbons (Fsp3) is 0.391. The number of hydrogen-bond acceptors (Lipinski definition) is 4. The fourth-order valence-corrected chi connectivity index (χ4v) is 3.14. The van der Waals surface area contributed by atoms with E-state index in [0.29, 0.717) is 18.1 Å². The molecule has 1 N–H and O–H groups in total. The molecule has 0 bridgehead atoms. The molecule has 0 radical (unpaired) electrons. The predicted octanol–water partition coefficient (Wildman–Crippen LogP) is 5.65. The Balaban J connectivity index is 2.12. The smallest absolute Gasteiger partial charge is 0.154 e. The lowest BCUT2D eigenvalue weighted by molar-refractivity contribution is 0.106. The van der Waals surface area contributed by atoms with Crippen molar-refractivity contribution in [2.24, 2.45) is 0 Å². The average Bonchev–Trinajstić information content (AvgIpc) is 2.60. The molecular formula is C23H28O4. The van der Waals surface area contributed by atoms with Crippen LogP contribution in [0.25, 0.3) is 6.08 Å². The van der Waals surface area contributed by atoms with Crippen molar-refractivity contribution in [3.63, 3.8) is 0 Å². The molecule has 0 aromatic heterocycles. The molecule has 1 aliphatic rings. The number of rotatable bonds is 8. The number of carbonyl (C=O) groups is 2. The standard InChI is InChI=1S/C23H28O4/c1-16(2)7-5-8-17(3)9-6-11-23(4)12-10-19-21(26)13-18(14-24)20(15-25)22(19)27-23/h7,9-10,12-15,26H,5-6,8,11H2,1-4H3. The van der Waals surface area contributed by atoms with Gasteiger partial charge in [-0.15, -0.1) is 0 Å². The second-order valence-electron chi connectivity index (χ2n) is 7.53. The summed E-state index contributed by atoms with van der Waals surface area (Å²) in [5, 5.41) is 10.1. The lowest BCUT2D eigenvalue weighted by atomic mass is 9.92. The van der Waals surface area contributed by atoms with Crippen LogP contribution < -0.4 is 4.74 Å². The minimum Gasteiger partial charge on any atom is -0.507 e. The molecule has 4 heteroatoms. The molecule has 0 aliphatic carbocycles. The normalized spacial score (nSPS) is 18.4. The van der Waals surface area contributed by atoms with Gasteiger partial charge in [-0.2, -0.15) is 0 Å². The van der Waals surface area contributed by atoms with Gasteiger partial charge in [-0.3, -0.25) is 9.59 Å². The van der Waals surface area contributed by atoms with E-state index in [2.05, 4.69) is 32.9 Å². The lowest BCUT2D eigenvalue weighted by Crippen LogP contribution is -2.32. The van der Waals surface area contributed by atoms with Gasteiger partial charge in [0.25, 0.3) is 0 Å². The maximum absolute atomic E-state index is 11.5. The van der Waals surface area contributed by atoms with Crippen LogP contribution in [0.2, 0.25) is 0 Å². The molecule has 1 aromatic carbocycles. The first-order chi connectivity index (χ1) is 12.8. The number of allylic oxidation sites excluding steroid dienone is 4. The van der Waals surface area contributed by atoms with E-state index in [0.717, 1.165) is 25.7 Å². The summed E-state index contributed by atoms with van der Waals surface area (Å²) in [6.45, 7) is 8.28. The van der Waals surface area contributed by atoms with Crippen LogP contribution in [0.15, 0.2) is 35.4 Å². The Bertz CT molecular complexity index is 810. The van der Waals surface area contributed by atoms with Gasteiger partial charge in [-0.25, -0.2) is 0 Å². The lowest BCUT2D eigenvalue weighted by Gasteiger charge is -2.32. The van der Waals surface area contributed by atoms with Gasteiger partial charge in [0.1, 0.15) is 17.1 Å². The van der Waals surface area contributed by atoms with Crippen LogP contribution in [0.5, 0.6) is 11.5 Å². The first-order valence-electron chi connectivity index (χ1n) is 9.27. The molecule has 0 spiro atoms. The molecule has 0 fully saturated rings. The van der Waals surface area contributed by atoms with Gasteiger partial charge in [0, 0.05) is 5.56 Å². The van der Waals surface area contributed by atoms with Gasteiger partial charge < -0.3 is 9.84 Å². The number of phenols is 1. The molecule has 27 heavy (non-hydrogen) atoms. The minimum atomic E-state index is -0.602. The summed E-state index contributed by atoms with van der Waals surface area (Å²) < 4.78 is 6.08. The van der Waals surface area contributed by atoms with Crippen LogP contribution in [0.4, 0.5) is 0 Å². The number of benzene rings is 1. The average molecular weight is 368 g/mol. The van der Waals surface area contributed by atoms with Gasteiger partial charge in [0.05, 0.1) is 11.1 Å². The van der Waals surface area contributed by atoms with Gasteiger partial charge in [0.15, 0.2) is 12.6 Å². The van der Waals surface area contributed by atoms with Crippen molar-refractivity contribution in [1.29, 1.82) is 0 Å². The molecule has 0 saturated heterocycles. The molecule has 1 unspecified atom stereocenters. The van der Waals surface area contributed by atoms with Gasteiger partial charge in [-0.05, 0) is 71.6 Å². The Morgan fingerprint density at radius 3 is 2.52 bits per heavy atom. The Hall–Kier alpha value is -2.62. The van der Waals surface area contributed by atoms with E-state index in [4.69, 9.17) is 4.74 Å². The monoisotopic (exact) mass is 368 g/mol. The summed E-state index contributed by atoms with van der Waals surface area (Å²) in [6, 6.07) is 1.30. The number of phenolic OH excluding ortho intramolecular Hbond substituents is 1. The third-order valence-corrected chi connectivity index (χ3v) is 4.78. The Morgan fingerprint density at radius 1 is 1.15 bits per heavy atom. The molecule has 1 heterocycles.